The highest BCUT2D eigenvalue weighted by atomic mass is 32.2. The molecule has 0 unspecified atom stereocenters. The van der Waals surface area contributed by atoms with E-state index in [2.05, 4.69) is 19.2 Å². The molecule has 0 spiro atoms. The molecule has 0 amide bonds. The molecule has 17 heavy (non-hydrogen) atoms. The van der Waals surface area contributed by atoms with Crippen molar-refractivity contribution in [3.63, 3.8) is 0 Å². The summed E-state index contributed by atoms with van der Waals surface area (Å²) in [7, 11) is -2.82. The van der Waals surface area contributed by atoms with Gasteiger partial charge in [0.25, 0.3) is 0 Å². The van der Waals surface area contributed by atoms with E-state index in [1.165, 1.54) is 25.7 Å². The third-order valence-corrected chi connectivity index (χ3v) is 5.56. The first kappa shape index (κ1) is 15.0. The molecule has 102 valence electrons. The molecule has 1 saturated carbocycles. The molecule has 1 aliphatic carbocycles. The monoisotopic (exact) mass is 261 g/mol. The third kappa shape index (κ3) is 5.87. The fourth-order valence-electron chi connectivity index (χ4n) is 2.44. The second kappa shape index (κ2) is 6.19. The van der Waals surface area contributed by atoms with Gasteiger partial charge in [0, 0.05) is 18.3 Å². The molecule has 0 saturated heterocycles. The van der Waals surface area contributed by atoms with E-state index in [0.717, 1.165) is 6.42 Å². The smallest absolute Gasteiger partial charge is 0.151 e. The summed E-state index contributed by atoms with van der Waals surface area (Å²) >= 11 is 0. The lowest BCUT2D eigenvalue weighted by atomic mass is 9.75. The Morgan fingerprint density at radius 1 is 1.18 bits per heavy atom. The van der Waals surface area contributed by atoms with Crippen LogP contribution in [-0.4, -0.2) is 32.5 Å². The number of sulfone groups is 1. The van der Waals surface area contributed by atoms with Gasteiger partial charge < -0.3 is 5.32 Å². The summed E-state index contributed by atoms with van der Waals surface area (Å²) in [6.07, 6.45) is 5.57. The summed E-state index contributed by atoms with van der Waals surface area (Å²) in [5, 5.41) is 3.39. The first-order valence-corrected chi connectivity index (χ1v) is 8.60. The highest BCUT2D eigenvalue weighted by Crippen LogP contribution is 2.34. The Bertz CT molecular complexity index is 312. The predicted octanol–water partition coefficient (Wildman–Crippen LogP) is 2.37. The number of hydrogen-bond donors (Lipinski definition) is 1. The molecule has 4 heteroatoms. The van der Waals surface area contributed by atoms with Crippen molar-refractivity contribution in [3.05, 3.63) is 0 Å². The van der Waals surface area contributed by atoms with Crippen molar-refractivity contribution in [3.8, 4) is 0 Å². The lowest BCUT2D eigenvalue weighted by Crippen LogP contribution is -2.38. The van der Waals surface area contributed by atoms with Crippen molar-refractivity contribution in [1.29, 1.82) is 0 Å². The van der Waals surface area contributed by atoms with Gasteiger partial charge >= 0.3 is 0 Å². The molecule has 0 aromatic heterocycles. The minimum atomic E-state index is -2.82. The normalized spacial score (nSPS) is 21.6. The van der Waals surface area contributed by atoms with Crippen LogP contribution in [0.1, 0.15) is 52.9 Å². The Labute approximate surface area is 106 Å². The topological polar surface area (TPSA) is 46.2 Å². The average Bonchev–Trinajstić information content (AvgIpc) is 2.20. The fraction of sp³-hybridized carbons (Fsp3) is 1.00. The van der Waals surface area contributed by atoms with E-state index in [1.54, 1.807) is 0 Å². The van der Waals surface area contributed by atoms with Gasteiger partial charge in [0.05, 0.1) is 5.75 Å². The minimum Gasteiger partial charge on any atom is -0.313 e. The SMILES string of the molecule is CCCS(=O)(=O)CCNC1CCC(C)(C)CC1. The van der Waals surface area contributed by atoms with Crippen LogP contribution >= 0.6 is 0 Å². The van der Waals surface area contributed by atoms with Gasteiger partial charge in [0.1, 0.15) is 0 Å². The molecular formula is C13H27NO2S. The molecule has 0 aromatic carbocycles. The molecule has 3 nitrogen and oxygen atoms in total. The maximum absolute atomic E-state index is 11.5. The van der Waals surface area contributed by atoms with E-state index in [4.69, 9.17) is 0 Å². The molecular weight excluding hydrogens is 234 g/mol. The predicted molar refractivity (Wildman–Crippen MR) is 73.0 cm³/mol. The molecule has 1 fully saturated rings. The summed E-state index contributed by atoms with van der Waals surface area (Å²) in [6, 6.07) is 0.528. The zero-order chi connectivity index (χ0) is 12.9. The molecule has 1 rings (SSSR count). The summed E-state index contributed by atoms with van der Waals surface area (Å²) in [6.45, 7) is 7.16. The first-order chi connectivity index (χ1) is 7.85. The van der Waals surface area contributed by atoms with Gasteiger partial charge in [0.15, 0.2) is 9.84 Å². The molecule has 1 aliphatic rings. The van der Waals surface area contributed by atoms with Crippen LogP contribution in [0.15, 0.2) is 0 Å². The van der Waals surface area contributed by atoms with Gasteiger partial charge in [-0.2, -0.15) is 0 Å². The highest BCUT2D eigenvalue weighted by molar-refractivity contribution is 7.91. The maximum Gasteiger partial charge on any atom is 0.151 e. The van der Waals surface area contributed by atoms with Crippen LogP contribution in [0.25, 0.3) is 0 Å². The van der Waals surface area contributed by atoms with E-state index >= 15 is 0 Å². The Kier molecular flexibility index (Phi) is 5.45. The van der Waals surface area contributed by atoms with Gasteiger partial charge in [-0.05, 0) is 37.5 Å². The Balaban J connectivity index is 2.20. The summed E-state index contributed by atoms with van der Waals surface area (Å²) in [5.41, 5.74) is 0.479. The van der Waals surface area contributed by atoms with Crippen molar-refractivity contribution in [2.24, 2.45) is 5.41 Å². The lowest BCUT2D eigenvalue weighted by Gasteiger charge is -2.34. The molecule has 0 aromatic rings. The van der Waals surface area contributed by atoms with Crippen LogP contribution < -0.4 is 5.32 Å². The van der Waals surface area contributed by atoms with Crippen LogP contribution in [0.2, 0.25) is 0 Å². The molecule has 0 atom stereocenters. The maximum atomic E-state index is 11.5. The van der Waals surface area contributed by atoms with Crippen LogP contribution in [0.3, 0.4) is 0 Å². The molecule has 0 bridgehead atoms. The van der Waals surface area contributed by atoms with E-state index in [0.29, 0.717) is 29.5 Å². The van der Waals surface area contributed by atoms with Gasteiger partial charge in [-0.15, -0.1) is 0 Å². The lowest BCUT2D eigenvalue weighted by molar-refractivity contribution is 0.208. The Hall–Kier alpha value is -0.0900. The van der Waals surface area contributed by atoms with Crippen molar-refractivity contribution in [2.45, 2.75) is 58.9 Å². The van der Waals surface area contributed by atoms with Crippen LogP contribution in [0.4, 0.5) is 0 Å². The van der Waals surface area contributed by atoms with Crippen LogP contribution in [0.5, 0.6) is 0 Å². The van der Waals surface area contributed by atoms with E-state index < -0.39 is 9.84 Å². The number of nitrogens with one attached hydrogen (secondary N) is 1. The molecule has 0 radical (unpaired) electrons. The summed E-state index contributed by atoms with van der Waals surface area (Å²) in [4.78, 5) is 0. The second-order valence-corrected chi connectivity index (χ2v) is 8.35. The quantitative estimate of drug-likeness (QED) is 0.798. The summed E-state index contributed by atoms with van der Waals surface area (Å²) in [5.74, 6) is 0.618. The van der Waals surface area contributed by atoms with E-state index in [9.17, 15) is 8.42 Å². The van der Waals surface area contributed by atoms with Gasteiger partial charge in [0.2, 0.25) is 0 Å². The molecule has 0 aliphatic heterocycles. The fourth-order valence-corrected chi connectivity index (χ4v) is 3.69. The number of rotatable bonds is 6. The Morgan fingerprint density at radius 2 is 1.76 bits per heavy atom. The summed E-state index contributed by atoms with van der Waals surface area (Å²) < 4.78 is 23.1. The molecule has 0 heterocycles. The Morgan fingerprint density at radius 3 is 2.29 bits per heavy atom. The zero-order valence-electron chi connectivity index (χ0n) is 11.5. The van der Waals surface area contributed by atoms with Gasteiger partial charge in [-0.3, -0.25) is 0 Å². The van der Waals surface area contributed by atoms with E-state index in [1.807, 2.05) is 6.92 Å². The van der Waals surface area contributed by atoms with Crippen LogP contribution in [0, 0.1) is 5.41 Å². The molecule has 1 N–H and O–H groups in total. The van der Waals surface area contributed by atoms with Gasteiger partial charge in [-0.25, -0.2) is 8.42 Å². The standard InChI is InChI=1S/C13H27NO2S/c1-4-10-17(15,16)11-9-14-12-5-7-13(2,3)8-6-12/h12,14H,4-11H2,1-3H3. The van der Waals surface area contributed by atoms with Crippen molar-refractivity contribution < 1.29 is 8.42 Å². The largest absolute Gasteiger partial charge is 0.313 e. The van der Waals surface area contributed by atoms with Crippen molar-refractivity contribution in [1.82, 2.24) is 5.32 Å². The van der Waals surface area contributed by atoms with Crippen LogP contribution in [-0.2, 0) is 9.84 Å². The number of hydrogen-bond acceptors (Lipinski definition) is 3. The van der Waals surface area contributed by atoms with Crippen molar-refractivity contribution in [2.75, 3.05) is 18.1 Å². The first-order valence-electron chi connectivity index (χ1n) is 6.78. The zero-order valence-corrected chi connectivity index (χ0v) is 12.3. The van der Waals surface area contributed by atoms with Gasteiger partial charge in [-0.1, -0.05) is 20.8 Å². The highest BCUT2D eigenvalue weighted by Gasteiger charge is 2.26. The van der Waals surface area contributed by atoms with E-state index in [-0.39, 0.29) is 0 Å². The minimum absolute atomic E-state index is 0.292. The average molecular weight is 261 g/mol. The van der Waals surface area contributed by atoms with Crippen molar-refractivity contribution >= 4 is 9.84 Å². The third-order valence-electron chi connectivity index (χ3n) is 3.70. The second-order valence-electron chi connectivity index (χ2n) is 6.04.